The Morgan fingerprint density at radius 2 is 1.59 bits per heavy atom. The van der Waals surface area contributed by atoms with Crippen molar-refractivity contribution >= 4 is 17.6 Å². The molecule has 1 aromatic heterocycles. The molecular weight excluding hydrogens is 486 g/mol. The number of carbonyl (C=O) groups is 2. The molecule has 0 radical (unpaired) electrons. The molecule has 0 saturated heterocycles. The molecular formula is C32H39N5O2. The van der Waals surface area contributed by atoms with Crippen molar-refractivity contribution in [2.75, 3.05) is 12.4 Å². The Kier molecular flexibility index (Phi) is 7.80. The summed E-state index contributed by atoms with van der Waals surface area (Å²) in [4.78, 5) is 27.3. The van der Waals surface area contributed by atoms with E-state index in [2.05, 4.69) is 15.5 Å². The fourth-order valence-corrected chi connectivity index (χ4v) is 5.55. The summed E-state index contributed by atoms with van der Waals surface area (Å²) in [7, 11) is 1.94. The zero-order valence-corrected chi connectivity index (χ0v) is 23.2. The van der Waals surface area contributed by atoms with Crippen molar-refractivity contribution in [1.29, 1.82) is 0 Å². The second kappa shape index (κ2) is 11.3. The predicted octanol–water partition coefficient (Wildman–Crippen LogP) is 5.76. The maximum Gasteiger partial charge on any atom is 0.225 e. The van der Waals surface area contributed by atoms with Crippen LogP contribution in [0.5, 0.6) is 0 Å². The monoisotopic (exact) mass is 525 g/mol. The van der Waals surface area contributed by atoms with Crippen LogP contribution in [0.1, 0.15) is 64.4 Å². The third-order valence-corrected chi connectivity index (χ3v) is 8.16. The molecule has 0 spiro atoms. The third kappa shape index (κ3) is 6.53. The maximum atomic E-state index is 13.0. The molecule has 0 bridgehead atoms. The van der Waals surface area contributed by atoms with Gasteiger partial charge in [0, 0.05) is 42.1 Å². The summed E-state index contributed by atoms with van der Waals surface area (Å²) in [6.45, 7) is 3.96. The molecule has 7 nitrogen and oxygen atoms in total. The molecule has 2 aliphatic rings. The van der Waals surface area contributed by atoms with Crippen molar-refractivity contribution in [3.63, 3.8) is 0 Å². The van der Waals surface area contributed by atoms with Gasteiger partial charge in [-0.1, -0.05) is 54.6 Å². The van der Waals surface area contributed by atoms with Gasteiger partial charge >= 0.3 is 0 Å². The quantitative estimate of drug-likeness (QED) is 0.389. The summed E-state index contributed by atoms with van der Waals surface area (Å²) in [5, 5.41) is 11.9. The number of aromatic nitrogens is 2. The Morgan fingerprint density at radius 3 is 2.21 bits per heavy atom. The Bertz CT molecular complexity index is 1300. The molecule has 204 valence electrons. The highest BCUT2D eigenvalue weighted by Gasteiger charge is 2.36. The average Bonchev–Trinajstić information content (AvgIpc) is 3.78. The Morgan fingerprint density at radius 1 is 0.923 bits per heavy atom. The summed E-state index contributed by atoms with van der Waals surface area (Å²) in [6, 6.07) is 20.3. The van der Waals surface area contributed by atoms with Crippen LogP contribution in [0, 0.1) is 11.8 Å². The molecule has 1 heterocycles. The number of carbonyl (C=O) groups excluding carboxylic acids is 2. The van der Waals surface area contributed by atoms with E-state index in [9.17, 15) is 9.59 Å². The van der Waals surface area contributed by atoms with E-state index in [1.165, 1.54) is 0 Å². The largest absolute Gasteiger partial charge is 0.343 e. The van der Waals surface area contributed by atoms with E-state index >= 15 is 0 Å². The average molecular weight is 526 g/mol. The molecule has 2 aliphatic carbocycles. The van der Waals surface area contributed by atoms with Crippen molar-refractivity contribution < 1.29 is 9.59 Å². The van der Waals surface area contributed by atoms with Crippen LogP contribution in [0.4, 0.5) is 5.82 Å². The standard InChI is InChI=1S/C32H39N5O2/c1-32(2,33)25-15-13-23(14-16-25)30-27(22-7-5-4-6-8-22)20-28(35-36-30)34-29(38)19-21-9-17-26(18-10-21)37(3)31(39)24-11-12-24/h4-8,13-16,20-21,24,26H,9-12,17-19,33H2,1-3H3,(H,34,35,38)/t21-,26-. The molecule has 2 saturated carbocycles. The van der Waals surface area contributed by atoms with Gasteiger partial charge < -0.3 is 16.0 Å². The van der Waals surface area contributed by atoms with Crippen molar-refractivity contribution in [2.45, 2.75) is 70.4 Å². The number of hydrogen-bond donors (Lipinski definition) is 2. The molecule has 39 heavy (non-hydrogen) atoms. The second-order valence-corrected chi connectivity index (χ2v) is 11.8. The van der Waals surface area contributed by atoms with Crippen molar-refractivity contribution in [3.8, 4) is 22.4 Å². The van der Waals surface area contributed by atoms with Gasteiger partial charge in [-0.2, -0.15) is 0 Å². The van der Waals surface area contributed by atoms with Crippen LogP contribution in [0.3, 0.4) is 0 Å². The van der Waals surface area contributed by atoms with Gasteiger partial charge in [-0.25, -0.2) is 0 Å². The number of benzene rings is 2. The van der Waals surface area contributed by atoms with E-state index in [1.54, 1.807) is 0 Å². The number of amides is 2. The van der Waals surface area contributed by atoms with E-state index in [1.807, 2.05) is 86.5 Å². The Hall–Kier alpha value is -3.58. The summed E-state index contributed by atoms with van der Waals surface area (Å²) in [5.74, 6) is 1.27. The van der Waals surface area contributed by atoms with Crippen LogP contribution in [0.15, 0.2) is 60.7 Å². The molecule has 2 fully saturated rings. The summed E-state index contributed by atoms with van der Waals surface area (Å²) in [5.41, 5.74) is 10.5. The van der Waals surface area contributed by atoms with Gasteiger partial charge in [0.25, 0.3) is 0 Å². The molecule has 2 amide bonds. The molecule has 3 N–H and O–H groups in total. The number of nitrogens with two attached hydrogens (primary N) is 1. The van der Waals surface area contributed by atoms with E-state index in [0.29, 0.717) is 30.1 Å². The molecule has 0 unspecified atom stereocenters. The highest BCUT2D eigenvalue weighted by molar-refractivity contribution is 5.91. The maximum absolute atomic E-state index is 13.0. The fourth-order valence-electron chi connectivity index (χ4n) is 5.55. The first-order valence-corrected chi connectivity index (χ1v) is 14.1. The van der Waals surface area contributed by atoms with Gasteiger partial charge in [-0.3, -0.25) is 9.59 Å². The van der Waals surface area contributed by atoms with Crippen LogP contribution >= 0.6 is 0 Å². The highest BCUT2D eigenvalue weighted by atomic mass is 16.2. The lowest BCUT2D eigenvalue weighted by Crippen LogP contribution is -2.40. The minimum atomic E-state index is -0.427. The van der Waals surface area contributed by atoms with Gasteiger partial charge in [0.15, 0.2) is 5.82 Å². The SMILES string of the molecule is CN(C(=O)C1CC1)[C@H]1CC[C@H](CC(=O)Nc2cc(-c3ccccc3)c(-c3ccc(C(C)(C)N)cc3)nn2)CC1. The van der Waals surface area contributed by atoms with Gasteiger partial charge in [0.2, 0.25) is 11.8 Å². The zero-order valence-electron chi connectivity index (χ0n) is 23.2. The first-order chi connectivity index (χ1) is 18.7. The lowest BCUT2D eigenvalue weighted by molar-refractivity contribution is -0.134. The van der Waals surface area contributed by atoms with Crippen LogP contribution in [0.2, 0.25) is 0 Å². The van der Waals surface area contributed by atoms with Crippen LogP contribution < -0.4 is 11.1 Å². The first kappa shape index (κ1) is 27.0. The minimum absolute atomic E-state index is 0.0450. The zero-order chi connectivity index (χ0) is 27.6. The van der Waals surface area contributed by atoms with Gasteiger partial charge in [-0.15, -0.1) is 10.2 Å². The Labute approximate surface area is 231 Å². The van der Waals surface area contributed by atoms with Crippen molar-refractivity contribution in [3.05, 3.63) is 66.2 Å². The van der Waals surface area contributed by atoms with Crippen molar-refractivity contribution in [1.82, 2.24) is 15.1 Å². The number of nitrogens with one attached hydrogen (secondary N) is 1. The predicted molar refractivity (Wildman–Crippen MR) is 155 cm³/mol. The number of rotatable bonds is 8. The normalized spacial score (nSPS) is 19.4. The minimum Gasteiger partial charge on any atom is -0.343 e. The summed E-state index contributed by atoms with van der Waals surface area (Å²) >= 11 is 0. The molecule has 0 atom stereocenters. The summed E-state index contributed by atoms with van der Waals surface area (Å²) in [6.07, 6.45) is 6.35. The number of nitrogens with zero attached hydrogens (tertiary/aromatic N) is 3. The van der Waals surface area contributed by atoms with Gasteiger partial charge in [0.1, 0.15) is 5.69 Å². The number of hydrogen-bond acceptors (Lipinski definition) is 5. The lowest BCUT2D eigenvalue weighted by atomic mass is 9.83. The van der Waals surface area contributed by atoms with Crippen molar-refractivity contribution in [2.24, 2.45) is 17.6 Å². The van der Waals surface area contributed by atoms with E-state index < -0.39 is 5.54 Å². The highest BCUT2D eigenvalue weighted by Crippen LogP contribution is 2.35. The molecule has 2 aromatic carbocycles. The van der Waals surface area contributed by atoms with E-state index in [-0.39, 0.29) is 11.8 Å². The number of anilines is 1. The molecule has 3 aromatic rings. The molecule has 5 rings (SSSR count). The van der Waals surface area contributed by atoms with Crippen LogP contribution in [-0.2, 0) is 15.1 Å². The Balaban J connectivity index is 1.26. The van der Waals surface area contributed by atoms with E-state index in [0.717, 1.165) is 66.5 Å². The van der Waals surface area contributed by atoms with Crippen LogP contribution in [-0.4, -0.2) is 40.0 Å². The molecule has 0 aliphatic heterocycles. The summed E-state index contributed by atoms with van der Waals surface area (Å²) < 4.78 is 0. The van der Waals surface area contributed by atoms with Crippen LogP contribution in [0.25, 0.3) is 22.4 Å². The topological polar surface area (TPSA) is 101 Å². The lowest BCUT2D eigenvalue weighted by Gasteiger charge is -2.34. The second-order valence-electron chi connectivity index (χ2n) is 11.8. The smallest absolute Gasteiger partial charge is 0.225 e. The molecule has 7 heteroatoms. The van der Waals surface area contributed by atoms with Gasteiger partial charge in [0.05, 0.1) is 0 Å². The fraction of sp³-hybridized carbons (Fsp3) is 0.438. The third-order valence-electron chi connectivity index (χ3n) is 8.16. The first-order valence-electron chi connectivity index (χ1n) is 14.1. The van der Waals surface area contributed by atoms with E-state index in [4.69, 9.17) is 5.73 Å². The van der Waals surface area contributed by atoms with Gasteiger partial charge in [-0.05, 0) is 75.5 Å².